The van der Waals surface area contributed by atoms with Gasteiger partial charge in [0.1, 0.15) is 5.82 Å². The van der Waals surface area contributed by atoms with E-state index in [2.05, 4.69) is 42.3 Å². The average Bonchev–Trinajstić information content (AvgIpc) is 2.77. The lowest BCUT2D eigenvalue weighted by Gasteiger charge is -2.36. The van der Waals surface area contributed by atoms with Gasteiger partial charge in [0.25, 0.3) is 0 Å². The van der Waals surface area contributed by atoms with Crippen molar-refractivity contribution in [2.24, 2.45) is 0 Å². The summed E-state index contributed by atoms with van der Waals surface area (Å²) in [4.78, 5) is 26.5. The molecule has 1 aliphatic rings. The average molecular weight is 416 g/mol. The number of aryl methyl sites for hydroxylation is 3. The first-order valence-corrected chi connectivity index (χ1v) is 10.7. The van der Waals surface area contributed by atoms with Crippen LogP contribution in [0.1, 0.15) is 22.4 Å². The van der Waals surface area contributed by atoms with E-state index in [-0.39, 0.29) is 6.03 Å². The number of nitrogens with zero attached hydrogens (tertiary/aromatic N) is 4. The second-order valence-electron chi connectivity index (χ2n) is 8.17. The number of carbonyl (C=O) groups is 1. The van der Waals surface area contributed by atoms with Crippen LogP contribution in [0.15, 0.2) is 48.5 Å². The van der Waals surface area contributed by atoms with E-state index in [0.29, 0.717) is 13.1 Å². The quantitative estimate of drug-likeness (QED) is 0.672. The lowest BCUT2D eigenvalue weighted by Crippen LogP contribution is -2.50. The normalized spacial score (nSPS) is 13.9. The summed E-state index contributed by atoms with van der Waals surface area (Å²) in [5.41, 5.74) is 6.22. The lowest BCUT2D eigenvalue weighted by molar-refractivity contribution is 0.208. The second kappa shape index (κ2) is 8.76. The number of benzene rings is 2. The zero-order valence-electron chi connectivity index (χ0n) is 18.6. The summed E-state index contributed by atoms with van der Waals surface area (Å²) in [7, 11) is 0. The minimum atomic E-state index is -0.0509. The number of hydrogen-bond donors (Lipinski definition) is 1. The van der Waals surface area contributed by atoms with Gasteiger partial charge in [-0.3, -0.25) is 0 Å². The molecule has 160 valence electrons. The van der Waals surface area contributed by atoms with Crippen LogP contribution in [0.4, 0.5) is 16.3 Å². The molecule has 3 aromatic rings. The van der Waals surface area contributed by atoms with Crippen LogP contribution in [-0.4, -0.2) is 47.1 Å². The largest absolute Gasteiger partial charge is 0.353 e. The molecular formula is C25H29N5O. The first-order valence-electron chi connectivity index (χ1n) is 10.7. The van der Waals surface area contributed by atoms with E-state index >= 15 is 0 Å². The van der Waals surface area contributed by atoms with Gasteiger partial charge in [-0.25, -0.2) is 14.8 Å². The third kappa shape index (κ3) is 4.53. The highest BCUT2D eigenvalue weighted by atomic mass is 16.2. The van der Waals surface area contributed by atoms with Gasteiger partial charge in [-0.1, -0.05) is 42.0 Å². The van der Waals surface area contributed by atoms with E-state index in [0.717, 1.165) is 52.8 Å². The molecule has 1 fully saturated rings. The Balaban J connectivity index is 1.48. The molecule has 1 saturated heterocycles. The smallest absolute Gasteiger partial charge is 0.321 e. The first kappa shape index (κ1) is 20.8. The number of hydrogen-bond acceptors (Lipinski definition) is 4. The Morgan fingerprint density at radius 2 is 1.65 bits per heavy atom. The molecule has 4 rings (SSSR count). The zero-order valence-corrected chi connectivity index (χ0v) is 18.6. The Kier molecular flexibility index (Phi) is 5.89. The summed E-state index contributed by atoms with van der Waals surface area (Å²) in [6.07, 6.45) is 0. The highest BCUT2D eigenvalue weighted by molar-refractivity contribution is 5.90. The molecule has 6 heteroatoms. The summed E-state index contributed by atoms with van der Waals surface area (Å²) >= 11 is 0. The number of para-hydroxylation sites is 1. The van der Waals surface area contributed by atoms with Crippen LogP contribution in [0, 0.1) is 27.7 Å². The first-order chi connectivity index (χ1) is 14.9. The summed E-state index contributed by atoms with van der Waals surface area (Å²) in [6.45, 7) is 11.0. The molecule has 1 N–H and O–H groups in total. The van der Waals surface area contributed by atoms with Gasteiger partial charge < -0.3 is 15.1 Å². The molecule has 0 bridgehead atoms. The third-order valence-electron chi connectivity index (χ3n) is 5.89. The lowest BCUT2D eigenvalue weighted by atomic mass is 10.1. The van der Waals surface area contributed by atoms with Crippen LogP contribution in [-0.2, 0) is 0 Å². The van der Waals surface area contributed by atoms with Crippen LogP contribution in [0.5, 0.6) is 0 Å². The number of aromatic nitrogens is 2. The Morgan fingerprint density at radius 3 is 2.35 bits per heavy atom. The molecule has 0 atom stereocenters. The predicted octanol–water partition coefficient (Wildman–Crippen LogP) is 4.73. The molecule has 2 heterocycles. The molecule has 1 aliphatic heterocycles. The maximum absolute atomic E-state index is 12.7. The van der Waals surface area contributed by atoms with Crippen molar-refractivity contribution in [1.82, 2.24) is 14.9 Å². The summed E-state index contributed by atoms with van der Waals surface area (Å²) in [5.74, 6) is 1.71. The highest BCUT2D eigenvalue weighted by Gasteiger charge is 2.24. The highest BCUT2D eigenvalue weighted by Crippen LogP contribution is 2.26. The van der Waals surface area contributed by atoms with Crippen molar-refractivity contribution in [3.05, 3.63) is 70.9 Å². The van der Waals surface area contributed by atoms with Gasteiger partial charge >= 0.3 is 6.03 Å². The summed E-state index contributed by atoms with van der Waals surface area (Å²) in [6, 6.07) is 16.1. The van der Waals surface area contributed by atoms with Crippen molar-refractivity contribution in [2.75, 3.05) is 36.4 Å². The molecule has 0 aliphatic carbocycles. The monoisotopic (exact) mass is 415 g/mol. The molecule has 6 nitrogen and oxygen atoms in total. The van der Waals surface area contributed by atoms with Gasteiger partial charge in [-0.05, 0) is 45.4 Å². The molecule has 0 saturated carbocycles. The van der Waals surface area contributed by atoms with Crippen molar-refractivity contribution in [3.8, 4) is 11.4 Å². The van der Waals surface area contributed by atoms with Crippen molar-refractivity contribution in [3.63, 3.8) is 0 Å². The van der Waals surface area contributed by atoms with Gasteiger partial charge in [0.15, 0.2) is 5.82 Å². The number of nitrogens with one attached hydrogen (secondary N) is 1. The molecule has 0 spiro atoms. The zero-order chi connectivity index (χ0) is 22.0. The van der Waals surface area contributed by atoms with Gasteiger partial charge in [-0.2, -0.15) is 0 Å². The molecule has 0 unspecified atom stereocenters. The van der Waals surface area contributed by atoms with Crippen molar-refractivity contribution >= 4 is 17.5 Å². The van der Waals surface area contributed by atoms with E-state index in [1.807, 2.05) is 49.1 Å². The molecule has 0 radical (unpaired) electrons. The number of amides is 2. The molecule has 2 amide bonds. The standard InChI is InChI=1S/C25H29N5O/c1-17-8-7-10-21(16-17)23-26-20(4)19(3)24(28-23)29-12-14-30(15-13-29)25(31)27-22-11-6-5-9-18(22)2/h5-11,16H,12-15H2,1-4H3,(H,27,31). The Hall–Kier alpha value is -3.41. The topological polar surface area (TPSA) is 61.4 Å². The number of urea groups is 1. The number of piperazine rings is 1. The van der Waals surface area contributed by atoms with E-state index in [4.69, 9.17) is 9.97 Å². The molecular weight excluding hydrogens is 386 g/mol. The van der Waals surface area contributed by atoms with Crippen molar-refractivity contribution < 1.29 is 4.79 Å². The molecule has 2 aromatic carbocycles. The van der Waals surface area contributed by atoms with Crippen LogP contribution in [0.3, 0.4) is 0 Å². The van der Waals surface area contributed by atoms with E-state index in [9.17, 15) is 4.79 Å². The van der Waals surface area contributed by atoms with Gasteiger partial charge in [0.2, 0.25) is 0 Å². The maximum atomic E-state index is 12.7. The fraction of sp³-hybridized carbons (Fsp3) is 0.320. The maximum Gasteiger partial charge on any atom is 0.321 e. The summed E-state index contributed by atoms with van der Waals surface area (Å²) in [5, 5.41) is 3.03. The Labute approximate surface area is 183 Å². The Morgan fingerprint density at radius 1 is 0.903 bits per heavy atom. The van der Waals surface area contributed by atoms with Crippen LogP contribution < -0.4 is 10.2 Å². The second-order valence-corrected chi connectivity index (χ2v) is 8.17. The fourth-order valence-corrected chi connectivity index (χ4v) is 3.86. The van der Waals surface area contributed by atoms with Gasteiger partial charge in [0, 0.05) is 48.7 Å². The minimum absolute atomic E-state index is 0.0509. The van der Waals surface area contributed by atoms with Gasteiger partial charge in [-0.15, -0.1) is 0 Å². The van der Waals surface area contributed by atoms with Crippen LogP contribution in [0.2, 0.25) is 0 Å². The molecule has 1 aromatic heterocycles. The van der Waals surface area contributed by atoms with E-state index in [1.165, 1.54) is 5.56 Å². The SMILES string of the molecule is Cc1cccc(-c2nc(C)c(C)c(N3CCN(C(=O)Nc4ccccc4C)CC3)n2)c1. The Bertz CT molecular complexity index is 1100. The molecule has 31 heavy (non-hydrogen) atoms. The van der Waals surface area contributed by atoms with Gasteiger partial charge in [0.05, 0.1) is 0 Å². The number of anilines is 2. The number of rotatable bonds is 3. The minimum Gasteiger partial charge on any atom is -0.353 e. The van der Waals surface area contributed by atoms with Crippen LogP contribution in [0.25, 0.3) is 11.4 Å². The van der Waals surface area contributed by atoms with Crippen molar-refractivity contribution in [2.45, 2.75) is 27.7 Å². The third-order valence-corrected chi connectivity index (χ3v) is 5.89. The van der Waals surface area contributed by atoms with E-state index in [1.54, 1.807) is 0 Å². The van der Waals surface area contributed by atoms with Crippen molar-refractivity contribution in [1.29, 1.82) is 0 Å². The predicted molar refractivity (Wildman–Crippen MR) is 126 cm³/mol. The van der Waals surface area contributed by atoms with Crippen LogP contribution >= 0.6 is 0 Å². The summed E-state index contributed by atoms with van der Waals surface area (Å²) < 4.78 is 0. The van der Waals surface area contributed by atoms with E-state index < -0.39 is 0 Å². The fourth-order valence-electron chi connectivity index (χ4n) is 3.86. The number of carbonyl (C=O) groups excluding carboxylic acids is 1.